The number of hydrogen-bond donors (Lipinski definition) is 2. The van der Waals surface area contributed by atoms with E-state index in [0.717, 1.165) is 19.4 Å². The Morgan fingerprint density at radius 2 is 2.00 bits per heavy atom. The van der Waals surface area contributed by atoms with Gasteiger partial charge >= 0.3 is 0 Å². The highest BCUT2D eigenvalue weighted by molar-refractivity contribution is 7.89. The minimum atomic E-state index is -3.54. The molecule has 2 aliphatic heterocycles. The summed E-state index contributed by atoms with van der Waals surface area (Å²) >= 11 is 0. The standard InChI is InChI=1S/C13H18N2O4S.ClH/c1-9-5-11-12(19-8-18-11)6-13(9)20(16,17)15-10-3-2-4-14-7-10;/h5-6,10,14-15H,2-4,7-8H2,1H3;1H/t10-;/m0./s1. The maximum absolute atomic E-state index is 12.5. The van der Waals surface area contributed by atoms with Crippen molar-refractivity contribution < 1.29 is 17.9 Å². The second kappa shape index (κ2) is 6.39. The van der Waals surface area contributed by atoms with Gasteiger partial charge in [0.1, 0.15) is 0 Å². The number of rotatable bonds is 3. The third-order valence-electron chi connectivity index (χ3n) is 3.58. The molecule has 0 saturated carbocycles. The lowest BCUT2D eigenvalue weighted by Crippen LogP contribution is -2.45. The van der Waals surface area contributed by atoms with Crippen molar-refractivity contribution >= 4 is 22.4 Å². The molecule has 8 heteroatoms. The van der Waals surface area contributed by atoms with Gasteiger partial charge in [-0.15, -0.1) is 12.4 Å². The van der Waals surface area contributed by atoms with Crippen LogP contribution in [0.1, 0.15) is 18.4 Å². The van der Waals surface area contributed by atoms with E-state index in [0.29, 0.717) is 23.6 Å². The Hall–Kier alpha value is -1.02. The van der Waals surface area contributed by atoms with Crippen molar-refractivity contribution in [3.8, 4) is 11.5 Å². The SMILES string of the molecule is Cc1cc2c(cc1S(=O)(=O)N[C@H]1CCCNC1)OCO2.Cl. The molecule has 3 rings (SSSR count). The highest BCUT2D eigenvalue weighted by Crippen LogP contribution is 2.36. The van der Waals surface area contributed by atoms with Gasteiger partial charge in [-0.05, 0) is 37.9 Å². The number of aryl methyl sites for hydroxylation is 1. The lowest BCUT2D eigenvalue weighted by molar-refractivity contribution is 0.174. The number of benzene rings is 1. The van der Waals surface area contributed by atoms with E-state index in [2.05, 4.69) is 10.0 Å². The van der Waals surface area contributed by atoms with Crippen molar-refractivity contribution in [2.24, 2.45) is 0 Å². The molecule has 21 heavy (non-hydrogen) atoms. The molecule has 1 aromatic carbocycles. The number of sulfonamides is 1. The molecule has 0 spiro atoms. The lowest BCUT2D eigenvalue weighted by atomic mass is 10.1. The van der Waals surface area contributed by atoms with Crippen LogP contribution in [0.5, 0.6) is 11.5 Å². The van der Waals surface area contributed by atoms with Gasteiger partial charge in [-0.2, -0.15) is 0 Å². The number of halogens is 1. The number of ether oxygens (including phenoxy) is 2. The fourth-order valence-corrected chi connectivity index (χ4v) is 4.06. The van der Waals surface area contributed by atoms with E-state index in [1.165, 1.54) is 6.07 Å². The lowest BCUT2D eigenvalue weighted by Gasteiger charge is -2.24. The zero-order valence-electron chi connectivity index (χ0n) is 11.7. The normalized spacial score (nSPS) is 20.9. The first-order chi connectivity index (χ1) is 9.56. The van der Waals surface area contributed by atoms with Crippen LogP contribution in [-0.4, -0.2) is 34.3 Å². The first-order valence-electron chi connectivity index (χ1n) is 6.69. The molecule has 0 radical (unpaired) electrons. The molecular weight excluding hydrogens is 316 g/mol. The summed E-state index contributed by atoms with van der Waals surface area (Å²) in [5, 5.41) is 3.19. The number of hydrogen-bond acceptors (Lipinski definition) is 5. The van der Waals surface area contributed by atoms with Gasteiger partial charge in [0, 0.05) is 18.7 Å². The first kappa shape index (κ1) is 16.4. The van der Waals surface area contributed by atoms with Crippen molar-refractivity contribution in [3.05, 3.63) is 17.7 Å². The second-order valence-electron chi connectivity index (χ2n) is 5.14. The second-order valence-corrected chi connectivity index (χ2v) is 6.82. The van der Waals surface area contributed by atoms with E-state index in [1.54, 1.807) is 13.0 Å². The summed E-state index contributed by atoms with van der Waals surface area (Å²) in [5.41, 5.74) is 0.658. The van der Waals surface area contributed by atoms with Crippen LogP contribution in [0.4, 0.5) is 0 Å². The minimum Gasteiger partial charge on any atom is -0.454 e. The van der Waals surface area contributed by atoms with Crippen LogP contribution in [0.15, 0.2) is 17.0 Å². The zero-order chi connectivity index (χ0) is 14.2. The molecule has 6 nitrogen and oxygen atoms in total. The van der Waals surface area contributed by atoms with Crippen molar-refractivity contribution in [3.63, 3.8) is 0 Å². The summed E-state index contributed by atoms with van der Waals surface area (Å²) in [7, 11) is -3.54. The average Bonchev–Trinajstić information content (AvgIpc) is 2.85. The van der Waals surface area contributed by atoms with Crippen LogP contribution in [0.3, 0.4) is 0 Å². The summed E-state index contributed by atoms with van der Waals surface area (Å²) in [4.78, 5) is 0.257. The maximum atomic E-state index is 12.5. The topological polar surface area (TPSA) is 76.7 Å². The Balaban J connectivity index is 0.00000161. The van der Waals surface area contributed by atoms with Gasteiger partial charge in [0.2, 0.25) is 16.8 Å². The summed E-state index contributed by atoms with van der Waals surface area (Å²) in [6.07, 6.45) is 1.84. The van der Waals surface area contributed by atoms with E-state index in [9.17, 15) is 8.42 Å². The zero-order valence-corrected chi connectivity index (χ0v) is 13.4. The molecule has 0 unspecified atom stereocenters. The predicted octanol–water partition coefficient (Wildman–Crippen LogP) is 1.18. The molecule has 2 heterocycles. The van der Waals surface area contributed by atoms with Crippen molar-refractivity contribution in [1.29, 1.82) is 0 Å². The van der Waals surface area contributed by atoms with E-state index in [4.69, 9.17) is 9.47 Å². The van der Waals surface area contributed by atoms with E-state index < -0.39 is 10.0 Å². The van der Waals surface area contributed by atoms with Crippen molar-refractivity contribution in [2.45, 2.75) is 30.7 Å². The first-order valence-corrected chi connectivity index (χ1v) is 8.18. The summed E-state index contributed by atoms with van der Waals surface area (Å²) in [5.74, 6) is 1.08. The fraction of sp³-hybridized carbons (Fsp3) is 0.538. The average molecular weight is 335 g/mol. The Morgan fingerprint density at radius 1 is 1.29 bits per heavy atom. The smallest absolute Gasteiger partial charge is 0.241 e. The number of fused-ring (bicyclic) bond motifs is 1. The fourth-order valence-electron chi connectivity index (χ4n) is 2.55. The Bertz CT molecular complexity index is 615. The van der Waals surface area contributed by atoms with Crippen molar-refractivity contribution in [1.82, 2.24) is 10.0 Å². The molecule has 1 atom stereocenters. The molecule has 0 amide bonds. The number of piperidine rings is 1. The Kier molecular flexibility index (Phi) is 4.98. The molecular formula is C13H19ClN2O4S. The molecule has 1 aromatic rings. The van der Waals surface area contributed by atoms with E-state index in [1.807, 2.05) is 0 Å². The molecule has 2 N–H and O–H groups in total. The largest absolute Gasteiger partial charge is 0.454 e. The Morgan fingerprint density at radius 3 is 2.67 bits per heavy atom. The quantitative estimate of drug-likeness (QED) is 0.868. The van der Waals surface area contributed by atoms with Gasteiger partial charge in [0.15, 0.2) is 11.5 Å². The maximum Gasteiger partial charge on any atom is 0.241 e. The third kappa shape index (κ3) is 3.42. The summed E-state index contributed by atoms with van der Waals surface area (Å²) < 4.78 is 38.2. The van der Waals surface area contributed by atoms with Crippen LogP contribution >= 0.6 is 12.4 Å². The van der Waals surface area contributed by atoms with E-state index in [-0.39, 0.29) is 30.1 Å². The number of nitrogens with one attached hydrogen (secondary N) is 2. The van der Waals surface area contributed by atoms with Crippen LogP contribution < -0.4 is 19.5 Å². The minimum absolute atomic E-state index is 0. The molecule has 118 valence electrons. The van der Waals surface area contributed by atoms with Crippen LogP contribution in [0.25, 0.3) is 0 Å². The van der Waals surface area contributed by atoms with Crippen molar-refractivity contribution in [2.75, 3.05) is 19.9 Å². The van der Waals surface area contributed by atoms with Gasteiger partial charge < -0.3 is 14.8 Å². The highest BCUT2D eigenvalue weighted by Gasteiger charge is 2.26. The molecule has 2 aliphatic rings. The highest BCUT2D eigenvalue weighted by atomic mass is 35.5. The van der Waals surface area contributed by atoms with Gasteiger partial charge in [-0.1, -0.05) is 0 Å². The van der Waals surface area contributed by atoms with Crippen LogP contribution in [0.2, 0.25) is 0 Å². The molecule has 1 saturated heterocycles. The molecule has 0 aromatic heterocycles. The molecule has 1 fully saturated rings. The van der Waals surface area contributed by atoms with Gasteiger partial charge in [0.05, 0.1) is 4.90 Å². The molecule has 0 bridgehead atoms. The van der Waals surface area contributed by atoms with Crippen LogP contribution in [-0.2, 0) is 10.0 Å². The van der Waals surface area contributed by atoms with Gasteiger partial charge in [0.25, 0.3) is 0 Å². The van der Waals surface area contributed by atoms with Crippen LogP contribution in [0, 0.1) is 6.92 Å². The third-order valence-corrected chi connectivity index (χ3v) is 5.24. The van der Waals surface area contributed by atoms with Gasteiger partial charge in [-0.3, -0.25) is 0 Å². The van der Waals surface area contributed by atoms with Gasteiger partial charge in [-0.25, -0.2) is 13.1 Å². The monoisotopic (exact) mass is 334 g/mol. The Labute approximate surface area is 130 Å². The summed E-state index contributed by atoms with van der Waals surface area (Å²) in [6.45, 7) is 3.51. The van der Waals surface area contributed by atoms with E-state index >= 15 is 0 Å². The summed E-state index contributed by atoms with van der Waals surface area (Å²) in [6, 6.07) is 3.19. The molecule has 0 aliphatic carbocycles. The predicted molar refractivity (Wildman–Crippen MR) is 80.8 cm³/mol.